The monoisotopic (exact) mass is 516 g/mol. The number of carbonyl (C=O) groups excluding carboxylic acids is 4. The molecular weight excluding hydrogens is 467 g/mol. The van der Waals surface area contributed by atoms with Crippen LogP contribution in [0.5, 0.6) is 0 Å². The minimum Gasteiger partial charge on any atom is -0.356 e. The highest BCUT2D eigenvalue weighted by Gasteiger charge is 2.70. The fourth-order valence-corrected chi connectivity index (χ4v) is 3.82. The Bertz CT molecular complexity index is 1580. The lowest BCUT2D eigenvalue weighted by atomic mass is 9.85. The van der Waals surface area contributed by atoms with Gasteiger partial charge in [0.2, 0.25) is 17.7 Å². The number of nitriles is 1. The zero-order valence-corrected chi connectivity index (χ0v) is 18.2. The average molecular weight is 517 g/mol. The van der Waals surface area contributed by atoms with Gasteiger partial charge in [-0.15, -0.1) is 0 Å². The number of hydrogen-bond donors (Lipinski definition) is 3. The van der Waals surface area contributed by atoms with Crippen molar-refractivity contribution >= 4 is 23.6 Å². The van der Waals surface area contributed by atoms with E-state index >= 15 is 0 Å². The minimum absolute atomic E-state index is 0.516. The average Bonchev–Trinajstić information content (AvgIpc) is 3.31. The highest BCUT2D eigenvalue weighted by atomic mass is 19.4. The van der Waals surface area contributed by atoms with Gasteiger partial charge in [0, 0.05) is 38.1 Å². The highest BCUT2D eigenvalue weighted by molar-refractivity contribution is 5.95. The van der Waals surface area contributed by atoms with Crippen LogP contribution in [0.3, 0.4) is 0 Å². The molecule has 0 aromatic heterocycles. The molecule has 3 aliphatic rings. The second-order valence-electron chi connectivity index (χ2n) is 8.64. The van der Waals surface area contributed by atoms with Crippen LogP contribution in [-0.4, -0.2) is 65.8 Å². The lowest BCUT2D eigenvalue weighted by molar-refractivity contribution is -0.176. The van der Waals surface area contributed by atoms with Crippen molar-refractivity contribution in [2.75, 3.05) is 13.0 Å². The summed E-state index contributed by atoms with van der Waals surface area (Å²) in [5.74, 6) is -16.1. The van der Waals surface area contributed by atoms with Crippen LogP contribution >= 0.6 is 0 Å². The number of piperidine rings is 1. The molecule has 1 unspecified atom stereocenters. The minimum atomic E-state index is -6.19. The first-order valence-electron chi connectivity index (χ1n) is 18.4. The van der Waals surface area contributed by atoms with Gasteiger partial charge in [-0.2, -0.15) is 18.4 Å². The molecule has 9 nitrogen and oxygen atoms in total. The first-order chi connectivity index (χ1) is 22.6. The van der Waals surface area contributed by atoms with Crippen molar-refractivity contribution in [3.63, 3.8) is 0 Å². The number of alkyl halides is 3. The summed E-state index contributed by atoms with van der Waals surface area (Å²) in [6.45, 7) is -17.9. The Labute approximate surface area is 226 Å². The zero-order chi connectivity index (χ0) is 41.3. The van der Waals surface area contributed by atoms with Gasteiger partial charge >= 0.3 is 12.1 Å². The normalized spacial score (nSPS) is 46.0. The number of hydrogen-bond acceptors (Lipinski definition) is 5. The van der Waals surface area contributed by atoms with E-state index in [2.05, 4.69) is 0 Å². The molecule has 2 heterocycles. The van der Waals surface area contributed by atoms with Crippen LogP contribution in [0.25, 0.3) is 0 Å². The summed E-state index contributed by atoms with van der Waals surface area (Å²) in [4.78, 5) is 52.7. The van der Waals surface area contributed by atoms with Gasteiger partial charge in [-0.05, 0) is 35.5 Å². The maximum absolute atomic E-state index is 14.5. The van der Waals surface area contributed by atoms with Gasteiger partial charge in [0.05, 0.1) is 10.2 Å². The molecule has 0 aromatic carbocycles. The van der Waals surface area contributed by atoms with Crippen molar-refractivity contribution < 1.29 is 55.7 Å². The SMILES string of the molecule is [2H]C1([2H])C[C@@]([2H])(C[C@@]([2H])(C#N)NC(=O)[C@]2([2H])[C@@H]3[C@@H](C3(C)C)C([2H])([2H])N2C(=O)C([2H])(NC(=O)C(F)(F)F)C(C([2H])([2H])[2H])(C([2H])([2H])[2H])C([2H])([2H])[2H])C(=O)N1. The Balaban J connectivity index is 2.36. The Morgan fingerprint density at radius 1 is 1.37 bits per heavy atom. The van der Waals surface area contributed by atoms with E-state index in [0.29, 0.717) is 5.32 Å². The van der Waals surface area contributed by atoms with Gasteiger partial charge in [0.15, 0.2) is 0 Å². The molecule has 3 fully saturated rings. The van der Waals surface area contributed by atoms with Crippen molar-refractivity contribution in [1.29, 1.82) is 5.26 Å². The van der Waals surface area contributed by atoms with Crippen molar-refractivity contribution in [3.05, 3.63) is 0 Å². The fourth-order valence-electron chi connectivity index (χ4n) is 3.82. The van der Waals surface area contributed by atoms with Crippen molar-refractivity contribution in [3.8, 4) is 6.07 Å². The second kappa shape index (κ2) is 8.99. The Kier molecular flexibility index (Phi) is 3.06. The van der Waals surface area contributed by atoms with Crippen LogP contribution in [0.1, 0.15) is 70.5 Å². The van der Waals surface area contributed by atoms with Gasteiger partial charge in [-0.1, -0.05) is 34.4 Å². The molecule has 2 saturated heterocycles. The predicted octanol–water partition coefficient (Wildman–Crippen LogP) is 1.10. The van der Waals surface area contributed by atoms with Crippen molar-refractivity contribution in [2.24, 2.45) is 28.6 Å². The molecule has 3 rings (SSSR count). The molecule has 12 heteroatoms. The number of fused-ring (bicyclic) bond motifs is 1. The predicted molar refractivity (Wildman–Crippen MR) is 117 cm³/mol. The molecule has 0 radical (unpaired) electrons. The topological polar surface area (TPSA) is 131 Å². The van der Waals surface area contributed by atoms with Crippen LogP contribution in [0.15, 0.2) is 0 Å². The van der Waals surface area contributed by atoms with Crippen molar-refractivity contribution in [1.82, 2.24) is 20.9 Å². The number of nitrogens with one attached hydrogen (secondary N) is 3. The molecular formula is C23H32F3N5O4. The Morgan fingerprint density at radius 2 is 2.03 bits per heavy atom. The summed E-state index contributed by atoms with van der Waals surface area (Å²) in [7, 11) is 0. The third-order valence-electron chi connectivity index (χ3n) is 5.77. The lowest BCUT2D eigenvalue weighted by Crippen LogP contribution is -2.61. The van der Waals surface area contributed by atoms with E-state index in [4.69, 9.17) is 21.9 Å². The highest BCUT2D eigenvalue weighted by Crippen LogP contribution is 2.65. The smallest absolute Gasteiger partial charge is 0.356 e. The van der Waals surface area contributed by atoms with Gasteiger partial charge in [-0.25, -0.2) is 0 Å². The molecule has 1 aliphatic carbocycles. The number of carbonyl (C=O) groups is 4. The molecule has 0 aromatic rings. The molecule has 194 valence electrons. The maximum atomic E-state index is 14.5. The number of halogens is 3. The summed E-state index contributed by atoms with van der Waals surface area (Å²) in [6, 6.07) is -10.9. The van der Waals surface area contributed by atoms with Crippen LogP contribution in [0.2, 0.25) is 0 Å². The van der Waals surface area contributed by atoms with E-state index < -0.39 is 128 Å². The second-order valence-corrected chi connectivity index (χ2v) is 8.64. The lowest BCUT2D eigenvalue weighted by Gasteiger charge is -2.37. The van der Waals surface area contributed by atoms with E-state index in [-0.39, 0.29) is 0 Å². The molecule has 3 N–H and O–H groups in total. The molecule has 6 atom stereocenters. The van der Waals surface area contributed by atoms with Crippen LogP contribution in [0, 0.1) is 39.9 Å². The summed E-state index contributed by atoms with van der Waals surface area (Å²) < 4.78 is 180. The summed E-state index contributed by atoms with van der Waals surface area (Å²) in [6.07, 6.45) is -8.53. The Hall–Kier alpha value is -2.84. The third kappa shape index (κ3) is 5.23. The van der Waals surface area contributed by atoms with Crippen molar-refractivity contribution in [2.45, 2.75) is 71.5 Å². The molecule has 1 saturated carbocycles. The molecule has 35 heavy (non-hydrogen) atoms. The van der Waals surface area contributed by atoms with Crippen LogP contribution in [0.4, 0.5) is 13.2 Å². The van der Waals surface area contributed by atoms with E-state index in [1.807, 2.05) is 0 Å². The van der Waals surface area contributed by atoms with Crippen LogP contribution in [-0.2, 0) is 19.2 Å². The summed E-state index contributed by atoms with van der Waals surface area (Å²) in [5, 5.41) is 13.8. The first kappa shape index (κ1) is 11.9. The van der Waals surface area contributed by atoms with Gasteiger partial charge < -0.3 is 20.9 Å². The quantitative estimate of drug-likeness (QED) is 0.487. The van der Waals surface area contributed by atoms with Gasteiger partial charge in [0.1, 0.15) is 18.1 Å². The van der Waals surface area contributed by atoms with Crippen LogP contribution < -0.4 is 16.0 Å². The van der Waals surface area contributed by atoms with E-state index in [1.165, 1.54) is 19.9 Å². The summed E-state index contributed by atoms with van der Waals surface area (Å²) in [5.41, 5.74) is -6.63. The number of amides is 4. The van der Waals surface area contributed by atoms with E-state index in [0.717, 1.165) is 0 Å². The standard InChI is InChI=1S/C23H32F3N5O4/c1-21(2,3)16(30-20(35)23(24,25)26)19(34)31-10-13-14(22(13,4)5)15(31)18(33)29-12(9-27)8-11-6-7-28-17(11)32/h11-16H,6-8,10H2,1-5H3,(H,28,32)(H,29,33)(H,30,35)/t11-,12-,13-,14-,15-,16?/m0/s1/i1D3,2D3,3D3,7D2,10D2,11D,12D,15D,16D. The fraction of sp³-hybridized carbons (Fsp3) is 0.783. The van der Waals surface area contributed by atoms with Gasteiger partial charge in [-0.3, -0.25) is 19.2 Å². The number of likely N-dealkylation sites (tertiary alicyclic amines) is 1. The maximum Gasteiger partial charge on any atom is 0.471 e. The number of rotatable bonds is 6. The van der Waals surface area contributed by atoms with E-state index in [9.17, 15) is 39.0 Å². The van der Waals surface area contributed by atoms with E-state index in [1.54, 1.807) is 10.6 Å². The third-order valence-corrected chi connectivity index (χ3v) is 5.77. The molecule has 4 amide bonds. The molecule has 0 bridgehead atoms. The molecule has 2 aliphatic heterocycles. The summed E-state index contributed by atoms with van der Waals surface area (Å²) >= 11 is 0. The first-order valence-corrected chi connectivity index (χ1v) is 9.93. The zero-order valence-electron chi connectivity index (χ0n) is 35.2. The largest absolute Gasteiger partial charge is 0.471 e. The number of nitrogens with zero attached hydrogens (tertiary/aromatic N) is 2. The Morgan fingerprint density at radius 3 is 2.54 bits per heavy atom. The molecule has 0 spiro atoms. The van der Waals surface area contributed by atoms with Gasteiger partial charge in [0.25, 0.3) is 0 Å².